The molecule has 0 aliphatic carbocycles. The summed E-state index contributed by atoms with van der Waals surface area (Å²) in [6.45, 7) is 5.92. The van der Waals surface area contributed by atoms with E-state index in [1.54, 1.807) is 13.8 Å². The van der Waals surface area contributed by atoms with Crippen molar-refractivity contribution in [3.63, 3.8) is 0 Å². The van der Waals surface area contributed by atoms with Crippen LogP contribution in [-0.2, 0) is 23.8 Å². The summed E-state index contributed by atoms with van der Waals surface area (Å²) in [6.07, 6.45) is 2.65. The summed E-state index contributed by atoms with van der Waals surface area (Å²) in [4.78, 5) is 24.4. The van der Waals surface area contributed by atoms with E-state index in [4.69, 9.17) is 14.2 Å². The number of aryl methyl sites for hydroxylation is 1. The zero-order chi connectivity index (χ0) is 16.8. The number of hydrogen-bond acceptors (Lipinski definition) is 5. The number of esters is 2. The highest BCUT2D eigenvalue weighted by Gasteiger charge is 2.34. The second-order valence-electron chi connectivity index (χ2n) is 5.07. The predicted octanol–water partition coefficient (Wildman–Crippen LogP) is 3.00. The van der Waals surface area contributed by atoms with E-state index in [0.29, 0.717) is 0 Å². The lowest BCUT2D eigenvalue weighted by molar-refractivity contribution is -0.139. The maximum absolute atomic E-state index is 12.2. The van der Waals surface area contributed by atoms with Crippen LogP contribution in [0, 0.1) is 6.92 Å². The number of ether oxygens (including phenoxy) is 3. The number of hydrogen-bond donors (Lipinski definition) is 0. The standard InChI is InChI=1S/C18H20O5/c1-4-22-17(19)14-10-21-11-15(18(20)23-5-2)16(14)13-8-6-12(3)7-9-13/h6-11,16H,4-5H2,1-3H3. The quantitative estimate of drug-likeness (QED) is 0.782. The maximum Gasteiger partial charge on any atom is 0.338 e. The van der Waals surface area contributed by atoms with Gasteiger partial charge in [-0.05, 0) is 26.3 Å². The Bertz CT molecular complexity index is 606. The average molecular weight is 316 g/mol. The third-order valence-corrected chi connectivity index (χ3v) is 3.44. The fourth-order valence-corrected chi connectivity index (χ4v) is 2.36. The first kappa shape index (κ1) is 16.8. The monoisotopic (exact) mass is 316 g/mol. The molecule has 5 heteroatoms. The molecular formula is C18H20O5. The normalized spacial score (nSPS) is 14.4. The summed E-state index contributed by atoms with van der Waals surface area (Å²) in [5, 5.41) is 0. The highest BCUT2D eigenvalue weighted by Crippen LogP contribution is 2.36. The molecule has 1 aliphatic heterocycles. The molecule has 0 unspecified atom stereocenters. The van der Waals surface area contributed by atoms with E-state index in [0.717, 1.165) is 11.1 Å². The van der Waals surface area contributed by atoms with Gasteiger partial charge in [-0.25, -0.2) is 9.59 Å². The minimum atomic E-state index is -0.567. The number of benzene rings is 1. The van der Waals surface area contributed by atoms with E-state index in [-0.39, 0.29) is 24.4 Å². The van der Waals surface area contributed by atoms with Crippen LogP contribution in [0.25, 0.3) is 0 Å². The molecule has 0 aromatic heterocycles. The van der Waals surface area contributed by atoms with Crippen LogP contribution in [0.3, 0.4) is 0 Å². The SMILES string of the molecule is CCOC(=O)C1=COC=C(C(=O)OCC)C1c1ccc(C)cc1. The topological polar surface area (TPSA) is 61.8 Å². The Kier molecular flexibility index (Phi) is 5.57. The molecule has 23 heavy (non-hydrogen) atoms. The van der Waals surface area contributed by atoms with Gasteiger partial charge >= 0.3 is 11.9 Å². The van der Waals surface area contributed by atoms with E-state index in [2.05, 4.69) is 0 Å². The Hall–Kier alpha value is -2.56. The molecular weight excluding hydrogens is 296 g/mol. The van der Waals surface area contributed by atoms with Crippen molar-refractivity contribution in [3.8, 4) is 0 Å². The van der Waals surface area contributed by atoms with Gasteiger partial charge < -0.3 is 14.2 Å². The molecule has 122 valence electrons. The van der Waals surface area contributed by atoms with Gasteiger partial charge in [-0.1, -0.05) is 29.8 Å². The first-order valence-corrected chi connectivity index (χ1v) is 7.54. The molecule has 1 aliphatic rings. The van der Waals surface area contributed by atoms with Crippen LogP contribution in [0.5, 0.6) is 0 Å². The molecule has 0 saturated heterocycles. The minimum absolute atomic E-state index is 0.245. The third kappa shape index (κ3) is 3.80. The highest BCUT2D eigenvalue weighted by atomic mass is 16.5. The van der Waals surface area contributed by atoms with Crippen LogP contribution < -0.4 is 0 Å². The summed E-state index contributed by atoms with van der Waals surface area (Å²) >= 11 is 0. The summed E-state index contributed by atoms with van der Waals surface area (Å²) in [5.41, 5.74) is 2.45. The molecule has 0 atom stereocenters. The summed E-state index contributed by atoms with van der Waals surface area (Å²) in [6, 6.07) is 7.61. The molecule has 1 aromatic carbocycles. The van der Waals surface area contributed by atoms with Crippen LogP contribution >= 0.6 is 0 Å². The first-order valence-electron chi connectivity index (χ1n) is 7.54. The van der Waals surface area contributed by atoms with Crippen molar-refractivity contribution < 1.29 is 23.8 Å². The molecule has 2 rings (SSSR count). The molecule has 0 spiro atoms. The molecule has 1 aromatic rings. The van der Waals surface area contributed by atoms with Crippen LogP contribution in [0.1, 0.15) is 30.9 Å². The Balaban J connectivity index is 2.43. The molecule has 1 heterocycles. The minimum Gasteiger partial charge on any atom is -0.471 e. The van der Waals surface area contributed by atoms with Gasteiger partial charge in [0, 0.05) is 0 Å². The smallest absolute Gasteiger partial charge is 0.338 e. The van der Waals surface area contributed by atoms with Gasteiger partial charge in [-0.2, -0.15) is 0 Å². The highest BCUT2D eigenvalue weighted by molar-refractivity contribution is 5.98. The van der Waals surface area contributed by atoms with E-state index in [1.165, 1.54) is 12.5 Å². The van der Waals surface area contributed by atoms with Crippen molar-refractivity contribution in [2.45, 2.75) is 26.7 Å². The van der Waals surface area contributed by atoms with Gasteiger partial charge in [0.15, 0.2) is 0 Å². The Morgan fingerprint density at radius 3 is 1.87 bits per heavy atom. The molecule has 0 bridgehead atoms. The van der Waals surface area contributed by atoms with Crippen LogP contribution in [0.4, 0.5) is 0 Å². The number of carbonyl (C=O) groups is 2. The molecule has 0 N–H and O–H groups in total. The Morgan fingerprint density at radius 2 is 1.43 bits per heavy atom. The van der Waals surface area contributed by atoms with Crippen LogP contribution in [0.2, 0.25) is 0 Å². The van der Waals surface area contributed by atoms with Crippen molar-refractivity contribution in [2.24, 2.45) is 0 Å². The molecule has 0 amide bonds. The van der Waals surface area contributed by atoms with Crippen molar-refractivity contribution in [1.29, 1.82) is 0 Å². The van der Waals surface area contributed by atoms with Crippen LogP contribution in [0.15, 0.2) is 47.9 Å². The largest absolute Gasteiger partial charge is 0.471 e. The Labute approximate surface area is 135 Å². The molecule has 0 saturated carbocycles. The fourth-order valence-electron chi connectivity index (χ4n) is 2.36. The summed E-state index contributed by atoms with van der Waals surface area (Å²) in [7, 11) is 0. The second kappa shape index (κ2) is 7.63. The van der Waals surface area contributed by atoms with Gasteiger partial charge in [-0.15, -0.1) is 0 Å². The van der Waals surface area contributed by atoms with E-state index in [1.807, 2.05) is 31.2 Å². The van der Waals surface area contributed by atoms with Crippen LogP contribution in [-0.4, -0.2) is 25.2 Å². The first-order chi connectivity index (χ1) is 11.1. The van der Waals surface area contributed by atoms with Crippen molar-refractivity contribution in [3.05, 3.63) is 59.1 Å². The fraction of sp³-hybridized carbons (Fsp3) is 0.333. The lowest BCUT2D eigenvalue weighted by Crippen LogP contribution is -2.24. The van der Waals surface area contributed by atoms with E-state index < -0.39 is 17.9 Å². The lowest BCUT2D eigenvalue weighted by Gasteiger charge is -2.24. The van der Waals surface area contributed by atoms with Gasteiger partial charge in [0.1, 0.15) is 12.5 Å². The number of carbonyl (C=O) groups excluding carboxylic acids is 2. The number of rotatable bonds is 5. The average Bonchev–Trinajstić information content (AvgIpc) is 2.55. The zero-order valence-corrected chi connectivity index (χ0v) is 13.5. The van der Waals surface area contributed by atoms with E-state index in [9.17, 15) is 9.59 Å². The zero-order valence-electron chi connectivity index (χ0n) is 13.5. The predicted molar refractivity (Wildman–Crippen MR) is 84.4 cm³/mol. The lowest BCUT2D eigenvalue weighted by atomic mass is 9.84. The van der Waals surface area contributed by atoms with Gasteiger partial charge in [0.05, 0.1) is 30.3 Å². The van der Waals surface area contributed by atoms with Gasteiger partial charge in [0.2, 0.25) is 0 Å². The van der Waals surface area contributed by atoms with Gasteiger partial charge in [0.25, 0.3) is 0 Å². The maximum atomic E-state index is 12.2. The summed E-state index contributed by atoms with van der Waals surface area (Å²) in [5.74, 6) is -1.58. The van der Waals surface area contributed by atoms with Gasteiger partial charge in [-0.3, -0.25) is 0 Å². The molecule has 5 nitrogen and oxygen atoms in total. The van der Waals surface area contributed by atoms with Crippen molar-refractivity contribution >= 4 is 11.9 Å². The third-order valence-electron chi connectivity index (χ3n) is 3.44. The van der Waals surface area contributed by atoms with E-state index >= 15 is 0 Å². The summed E-state index contributed by atoms with van der Waals surface area (Å²) < 4.78 is 15.3. The Morgan fingerprint density at radius 1 is 0.957 bits per heavy atom. The molecule has 0 fully saturated rings. The second-order valence-corrected chi connectivity index (χ2v) is 5.07. The van der Waals surface area contributed by atoms with Crippen molar-refractivity contribution in [1.82, 2.24) is 0 Å². The molecule has 0 radical (unpaired) electrons. The van der Waals surface area contributed by atoms with Crippen molar-refractivity contribution in [2.75, 3.05) is 13.2 Å².